The number of carbonyl (C=O) groups excluding carboxylic acids is 1. The van der Waals surface area contributed by atoms with Crippen LogP contribution in [0.3, 0.4) is 0 Å². The fraction of sp³-hybridized carbons (Fsp3) is 0.533. The highest BCUT2D eigenvalue weighted by Crippen LogP contribution is 2.28. The first-order chi connectivity index (χ1) is 10.4. The molecule has 1 atom stereocenters. The third kappa shape index (κ3) is 6.10. The summed E-state index contributed by atoms with van der Waals surface area (Å²) in [4.78, 5) is 12.1. The molecule has 8 heteroatoms. The Balaban J connectivity index is 0.00000264. The van der Waals surface area contributed by atoms with Crippen molar-refractivity contribution in [1.82, 2.24) is 10.0 Å². The fourth-order valence-electron chi connectivity index (χ4n) is 2.01. The number of nitrogens with one attached hydrogen (secondary N) is 3. The SMILES string of the molecule is CNCC(C)C(=O)Nc1ccc(S(=O)(=O)NCC2CC2)cc1.Cl. The third-order valence-electron chi connectivity index (χ3n) is 3.65. The summed E-state index contributed by atoms with van der Waals surface area (Å²) >= 11 is 0. The van der Waals surface area contributed by atoms with Crippen LogP contribution in [0.5, 0.6) is 0 Å². The van der Waals surface area contributed by atoms with Crippen molar-refractivity contribution in [2.45, 2.75) is 24.7 Å². The molecule has 130 valence electrons. The summed E-state index contributed by atoms with van der Waals surface area (Å²) in [5.74, 6) is 0.229. The molecule has 2 rings (SSSR count). The van der Waals surface area contributed by atoms with Crippen LogP contribution in [0, 0.1) is 11.8 Å². The number of hydrogen-bond donors (Lipinski definition) is 3. The van der Waals surface area contributed by atoms with E-state index in [1.807, 2.05) is 6.92 Å². The van der Waals surface area contributed by atoms with Crippen LogP contribution in [0.2, 0.25) is 0 Å². The van der Waals surface area contributed by atoms with Crippen molar-refractivity contribution in [3.05, 3.63) is 24.3 Å². The molecular weight excluding hydrogens is 338 g/mol. The highest BCUT2D eigenvalue weighted by Gasteiger charge is 2.24. The largest absolute Gasteiger partial charge is 0.326 e. The normalized spacial score (nSPS) is 15.6. The molecule has 0 radical (unpaired) electrons. The van der Waals surface area contributed by atoms with Crippen molar-refractivity contribution in [2.75, 3.05) is 25.5 Å². The van der Waals surface area contributed by atoms with Crippen molar-refractivity contribution < 1.29 is 13.2 Å². The minimum Gasteiger partial charge on any atom is -0.326 e. The topological polar surface area (TPSA) is 87.3 Å². The first-order valence-corrected chi connectivity index (χ1v) is 8.96. The number of halogens is 1. The van der Waals surface area contributed by atoms with Crippen LogP contribution >= 0.6 is 12.4 Å². The minimum atomic E-state index is -3.46. The molecule has 0 aromatic heterocycles. The van der Waals surface area contributed by atoms with E-state index in [1.165, 1.54) is 12.1 Å². The molecular formula is C15H24ClN3O3S. The first kappa shape index (κ1) is 19.9. The molecule has 0 heterocycles. The van der Waals surface area contributed by atoms with Crippen molar-refractivity contribution in [1.29, 1.82) is 0 Å². The van der Waals surface area contributed by atoms with Crippen molar-refractivity contribution in [3.63, 3.8) is 0 Å². The maximum atomic E-state index is 12.1. The lowest BCUT2D eigenvalue weighted by atomic mass is 10.1. The summed E-state index contributed by atoms with van der Waals surface area (Å²) in [6.45, 7) is 2.91. The van der Waals surface area contributed by atoms with Gasteiger partial charge in [0.2, 0.25) is 15.9 Å². The summed E-state index contributed by atoms with van der Waals surface area (Å²) in [7, 11) is -1.67. The molecule has 23 heavy (non-hydrogen) atoms. The first-order valence-electron chi connectivity index (χ1n) is 7.47. The maximum Gasteiger partial charge on any atom is 0.240 e. The Hall–Kier alpha value is -1.15. The van der Waals surface area contributed by atoms with Crippen LogP contribution in [0.4, 0.5) is 5.69 Å². The van der Waals surface area contributed by atoms with Crippen LogP contribution in [0.15, 0.2) is 29.2 Å². The molecule has 1 saturated carbocycles. The second-order valence-electron chi connectivity index (χ2n) is 5.77. The lowest BCUT2D eigenvalue weighted by Gasteiger charge is -2.12. The van der Waals surface area contributed by atoms with Gasteiger partial charge < -0.3 is 10.6 Å². The van der Waals surface area contributed by atoms with Gasteiger partial charge in [-0.15, -0.1) is 12.4 Å². The van der Waals surface area contributed by atoms with E-state index in [1.54, 1.807) is 19.2 Å². The van der Waals surface area contributed by atoms with Gasteiger partial charge in [0.1, 0.15) is 0 Å². The van der Waals surface area contributed by atoms with Gasteiger partial charge in [0.05, 0.1) is 4.90 Å². The minimum absolute atomic E-state index is 0. The predicted molar refractivity (Wildman–Crippen MR) is 93.3 cm³/mol. The second kappa shape index (κ2) is 8.63. The highest BCUT2D eigenvalue weighted by atomic mass is 35.5. The molecule has 3 N–H and O–H groups in total. The van der Waals surface area contributed by atoms with Gasteiger partial charge in [0, 0.05) is 24.7 Å². The van der Waals surface area contributed by atoms with E-state index in [4.69, 9.17) is 0 Å². The Kier molecular flexibility index (Phi) is 7.47. The fourth-order valence-corrected chi connectivity index (χ4v) is 3.13. The number of anilines is 1. The van der Waals surface area contributed by atoms with Gasteiger partial charge in [-0.05, 0) is 50.1 Å². The summed E-state index contributed by atoms with van der Waals surface area (Å²) in [6.07, 6.45) is 2.19. The summed E-state index contributed by atoms with van der Waals surface area (Å²) in [5.41, 5.74) is 0.592. The second-order valence-corrected chi connectivity index (χ2v) is 7.53. The number of benzene rings is 1. The molecule has 1 amide bonds. The number of sulfonamides is 1. The Morgan fingerprint density at radius 3 is 2.39 bits per heavy atom. The van der Waals surface area contributed by atoms with Gasteiger partial charge in [-0.2, -0.15) is 0 Å². The van der Waals surface area contributed by atoms with Crippen molar-refractivity contribution in [3.8, 4) is 0 Å². The predicted octanol–water partition coefficient (Wildman–Crippen LogP) is 1.59. The average Bonchev–Trinajstić information content (AvgIpc) is 3.30. The zero-order valence-corrected chi connectivity index (χ0v) is 15.0. The van der Waals surface area contributed by atoms with Crippen LogP contribution < -0.4 is 15.4 Å². The Labute approximate surface area is 143 Å². The zero-order valence-electron chi connectivity index (χ0n) is 13.3. The highest BCUT2D eigenvalue weighted by molar-refractivity contribution is 7.89. The molecule has 0 bridgehead atoms. The zero-order chi connectivity index (χ0) is 16.2. The van der Waals surface area contributed by atoms with E-state index < -0.39 is 10.0 Å². The molecule has 0 aliphatic heterocycles. The van der Waals surface area contributed by atoms with Crippen LogP contribution in [-0.2, 0) is 14.8 Å². The number of rotatable bonds is 8. The molecule has 1 aromatic rings. The van der Waals surface area contributed by atoms with Crippen LogP contribution in [0.25, 0.3) is 0 Å². The van der Waals surface area contributed by atoms with Gasteiger partial charge in [-0.25, -0.2) is 13.1 Å². The quantitative estimate of drug-likeness (QED) is 0.656. The van der Waals surface area contributed by atoms with Gasteiger partial charge in [0.25, 0.3) is 0 Å². The van der Waals surface area contributed by atoms with Crippen molar-refractivity contribution >= 4 is 34.0 Å². The maximum absolute atomic E-state index is 12.1. The van der Waals surface area contributed by atoms with E-state index in [0.29, 0.717) is 24.7 Å². The molecule has 1 aliphatic rings. The molecule has 1 fully saturated rings. The van der Waals surface area contributed by atoms with E-state index >= 15 is 0 Å². The number of carbonyl (C=O) groups is 1. The summed E-state index contributed by atoms with van der Waals surface area (Å²) in [6, 6.07) is 6.23. The standard InChI is InChI=1S/C15H23N3O3S.ClH/c1-11(9-16-2)15(19)18-13-5-7-14(8-6-13)22(20,21)17-10-12-3-4-12;/h5-8,11-12,16-17H,3-4,9-10H2,1-2H3,(H,18,19);1H. The van der Waals surface area contributed by atoms with E-state index in [-0.39, 0.29) is 29.1 Å². The summed E-state index contributed by atoms with van der Waals surface area (Å²) < 4.78 is 26.8. The van der Waals surface area contributed by atoms with E-state index in [9.17, 15) is 13.2 Å². The molecule has 1 unspecified atom stereocenters. The van der Waals surface area contributed by atoms with Gasteiger partial charge in [-0.1, -0.05) is 6.92 Å². The summed E-state index contributed by atoms with van der Waals surface area (Å²) in [5, 5.41) is 5.71. The Bertz CT molecular complexity index is 615. The van der Waals surface area contributed by atoms with Crippen LogP contribution in [0.1, 0.15) is 19.8 Å². The lowest BCUT2D eigenvalue weighted by Crippen LogP contribution is -2.28. The van der Waals surface area contributed by atoms with Crippen LogP contribution in [-0.4, -0.2) is 34.5 Å². The van der Waals surface area contributed by atoms with Crippen molar-refractivity contribution in [2.24, 2.45) is 11.8 Å². The smallest absolute Gasteiger partial charge is 0.240 e. The van der Waals surface area contributed by atoms with Gasteiger partial charge in [-0.3, -0.25) is 4.79 Å². The molecule has 1 aliphatic carbocycles. The molecule has 0 saturated heterocycles. The lowest BCUT2D eigenvalue weighted by molar-refractivity contribution is -0.119. The Morgan fingerprint density at radius 2 is 1.87 bits per heavy atom. The molecule has 1 aromatic carbocycles. The molecule has 6 nitrogen and oxygen atoms in total. The molecule has 0 spiro atoms. The third-order valence-corrected chi connectivity index (χ3v) is 5.09. The number of hydrogen-bond acceptors (Lipinski definition) is 4. The van der Waals surface area contributed by atoms with E-state index in [2.05, 4.69) is 15.4 Å². The van der Waals surface area contributed by atoms with Gasteiger partial charge >= 0.3 is 0 Å². The van der Waals surface area contributed by atoms with Gasteiger partial charge in [0.15, 0.2) is 0 Å². The van der Waals surface area contributed by atoms with E-state index in [0.717, 1.165) is 12.8 Å². The monoisotopic (exact) mass is 361 g/mol. The average molecular weight is 362 g/mol. The Morgan fingerprint density at radius 1 is 1.26 bits per heavy atom. The number of amides is 1.